The molecule has 1 N–H and O–H groups in total. The molecule has 0 radical (unpaired) electrons. The fourth-order valence-electron chi connectivity index (χ4n) is 2.40. The number of anilines is 1. The molecule has 0 amide bonds. The topological polar surface area (TPSA) is 28.2 Å². The van der Waals surface area contributed by atoms with Crippen molar-refractivity contribution in [3.05, 3.63) is 23.1 Å². The largest absolute Gasteiger partial charge is 0.336 e. The van der Waals surface area contributed by atoms with Gasteiger partial charge in [-0.15, -0.1) is 0 Å². The predicted molar refractivity (Wildman–Crippen MR) is 74.5 cm³/mol. The van der Waals surface area contributed by atoms with Gasteiger partial charge in [-0.05, 0) is 20.3 Å². The average molecular weight is 287 g/mol. The Hall–Kier alpha value is -1.01. The average Bonchev–Trinajstić information content (AvgIpc) is 2.83. The number of halogens is 2. The summed E-state index contributed by atoms with van der Waals surface area (Å²) < 4.78 is 26.4. The summed E-state index contributed by atoms with van der Waals surface area (Å²) in [6.07, 6.45) is 0.841. The quantitative estimate of drug-likeness (QED) is 0.899. The number of hydrogen-bond donors (Lipinski definition) is 1. The number of likely N-dealkylation sites (tertiary alicyclic amines) is 1. The summed E-state index contributed by atoms with van der Waals surface area (Å²) in [5.74, 6) is -0.358. The van der Waals surface area contributed by atoms with Gasteiger partial charge in [-0.1, -0.05) is 17.9 Å². The van der Waals surface area contributed by atoms with E-state index in [1.165, 1.54) is 11.3 Å². The summed E-state index contributed by atoms with van der Waals surface area (Å²) in [5.41, 5.74) is 0.729. The van der Waals surface area contributed by atoms with Gasteiger partial charge < -0.3 is 5.32 Å². The molecule has 106 valence electrons. The second-order valence-electron chi connectivity index (χ2n) is 5.17. The van der Waals surface area contributed by atoms with E-state index in [4.69, 9.17) is 0 Å². The maximum atomic E-state index is 13.7. The number of rotatable bonds is 5. The summed E-state index contributed by atoms with van der Waals surface area (Å²) in [6, 6.07) is 0.291. The Morgan fingerprint density at radius 2 is 2.37 bits per heavy atom. The summed E-state index contributed by atoms with van der Waals surface area (Å²) in [5, 5.41) is 3.44. The number of hydrogen-bond acceptors (Lipinski definition) is 4. The molecular weight excluding hydrogens is 268 g/mol. The van der Waals surface area contributed by atoms with Gasteiger partial charge in [0.1, 0.15) is 0 Å². The van der Waals surface area contributed by atoms with Crippen LogP contribution in [-0.4, -0.2) is 29.1 Å². The third kappa shape index (κ3) is 3.51. The van der Waals surface area contributed by atoms with Crippen LogP contribution in [0.1, 0.15) is 25.1 Å². The van der Waals surface area contributed by atoms with E-state index < -0.39 is 5.95 Å². The molecular formula is C13H19F2N3S. The first-order chi connectivity index (χ1) is 8.99. The van der Waals surface area contributed by atoms with Crippen molar-refractivity contribution in [2.75, 3.05) is 18.5 Å². The molecule has 0 saturated carbocycles. The fourth-order valence-corrected chi connectivity index (χ4v) is 3.35. The molecule has 3 nitrogen and oxygen atoms in total. The fraction of sp³-hybridized carbons (Fsp3) is 0.615. The Bertz CT molecular complexity index is 461. The molecule has 0 aromatic carbocycles. The van der Waals surface area contributed by atoms with Gasteiger partial charge in [0.25, 0.3) is 0 Å². The Morgan fingerprint density at radius 3 is 2.95 bits per heavy atom. The van der Waals surface area contributed by atoms with Crippen LogP contribution >= 0.6 is 11.3 Å². The second-order valence-corrected chi connectivity index (χ2v) is 6.26. The van der Waals surface area contributed by atoms with Crippen LogP contribution in [0.5, 0.6) is 0 Å². The van der Waals surface area contributed by atoms with Gasteiger partial charge in [0.15, 0.2) is 5.13 Å². The van der Waals surface area contributed by atoms with Crippen molar-refractivity contribution >= 4 is 16.5 Å². The third-order valence-electron chi connectivity index (χ3n) is 3.33. The van der Waals surface area contributed by atoms with E-state index in [1.807, 2.05) is 0 Å². The number of allylic oxidation sites excluding steroid dienone is 1. The minimum Gasteiger partial charge on any atom is -0.336 e. The van der Waals surface area contributed by atoms with Crippen molar-refractivity contribution < 1.29 is 8.78 Å². The van der Waals surface area contributed by atoms with Gasteiger partial charge in [0.2, 0.25) is 5.95 Å². The molecule has 2 heterocycles. The highest BCUT2D eigenvalue weighted by molar-refractivity contribution is 7.15. The first kappa shape index (κ1) is 14.4. The highest BCUT2D eigenvalue weighted by Crippen LogP contribution is 2.29. The van der Waals surface area contributed by atoms with E-state index in [0.717, 1.165) is 12.1 Å². The third-order valence-corrected chi connectivity index (χ3v) is 4.26. The molecule has 6 heteroatoms. The highest BCUT2D eigenvalue weighted by atomic mass is 32.1. The van der Waals surface area contributed by atoms with Crippen LogP contribution in [0.15, 0.2) is 12.3 Å². The molecule has 1 aromatic heterocycles. The van der Waals surface area contributed by atoms with Gasteiger partial charge in [-0.2, -0.15) is 9.37 Å². The van der Waals surface area contributed by atoms with E-state index in [9.17, 15) is 8.78 Å². The molecule has 1 saturated heterocycles. The number of aromatic nitrogens is 1. The Balaban J connectivity index is 2.03. The van der Waals surface area contributed by atoms with Crippen molar-refractivity contribution in [2.24, 2.45) is 5.92 Å². The van der Waals surface area contributed by atoms with Crippen molar-refractivity contribution in [2.45, 2.75) is 32.9 Å². The normalized spacial score (nSPS) is 23.8. The molecule has 19 heavy (non-hydrogen) atoms. The van der Waals surface area contributed by atoms with Gasteiger partial charge in [0, 0.05) is 30.7 Å². The minimum atomic E-state index is -0.440. The van der Waals surface area contributed by atoms with Gasteiger partial charge in [0.05, 0.1) is 11.6 Å². The maximum Gasteiger partial charge on any atom is 0.230 e. The predicted octanol–water partition coefficient (Wildman–Crippen LogP) is 3.41. The van der Waals surface area contributed by atoms with E-state index >= 15 is 0 Å². The summed E-state index contributed by atoms with van der Waals surface area (Å²) in [4.78, 5) is 6.55. The first-order valence-corrected chi connectivity index (χ1v) is 7.19. The monoisotopic (exact) mass is 287 g/mol. The molecule has 0 bridgehead atoms. The van der Waals surface area contributed by atoms with Gasteiger partial charge >= 0.3 is 0 Å². The Labute approximate surface area is 116 Å². The van der Waals surface area contributed by atoms with Crippen LogP contribution in [-0.2, 0) is 6.54 Å². The van der Waals surface area contributed by atoms with Crippen LogP contribution in [0.25, 0.3) is 0 Å². The van der Waals surface area contributed by atoms with Crippen molar-refractivity contribution in [1.82, 2.24) is 9.88 Å². The minimum absolute atomic E-state index is 0.0824. The van der Waals surface area contributed by atoms with E-state index in [0.29, 0.717) is 29.1 Å². The number of thiazole rings is 1. The van der Waals surface area contributed by atoms with Crippen LogP contribution in [0.2, 0.25) is 0 Å². The molecule has 2 atom stereocenters. The van der Waals surface area contributed by atoms with Gasteiger partial charge in [-0.3, -0.25) is 9.29 Å². The zero-order valence-electron chi connectivity index (χ0n) is 11.2. The van der Waals surface area contributed by atoms with Crippen LogP contribution in [0, 0.1) is 11.9 Å². The number of nitrogens with zero attached hydrogens (tertiary/aromatic N) is 2. The van der Waals surface area contributed by atoms with E-state index in [2.05, 4.69) is 28.7 Å². The second kappa shape index (κ2) is 5.96. The maximum absolute atomic E-state index is 13.7. The van der Waals surface area contributed by atoms with Crippen LogP contribution in [0.4, 0.5) is 13.9 Å². The smallest absolute Gasteiger partial charge is 0.230 e. The molecule has 2 rings (SSSR count). The molecule has 1 aromatic rings. The lowest BCUT2D eigenvalue weighted by molar-refractivity contribution is 0.249. The lowest BCUT2D eigenvalue weighted by atomic mass is 10.1. The Kier molecular flexibility index (Phi) is 4.52. The van der Waals surface area contributed by atoms with E-state index in [1.54, 1.807) is 6.92 Å². The van der Waals surface area contributed by atoms with Crippen LogP contribution in [0.3, 0.4) is 0 Å². The van der Waals surface area contributed by atoms with Gasteiger partial charge in [-0.25, -0.2) is 0 Å². The zero-order valence-corrected chi connectivity index (χ0v) is 12.1. The lowest BCUT2D eigenvalue weighted by Gasteiger charge is -2.19. The SMILES string of the molecule is C=C(C)Nc1nc(F)c(CN2CC(CF)CC2C)s1. The molecule has 2 unspecified atom stereocenters. The number of nitrogens with one attached hydrogen (secondary N) is 1. The highest BCUT2D eigenvalue weighted by Gasteiger charge is 2.30. The number of alkyl halides is 1. The van der Waals surface area contributed by atoms with Crippen molar-refractivity contribution in [3.63, 3.8) is 0 Å². The molecule has 1 fully saturated rings. The summed E-state index contributed by atoms with van der Waals surface area (Å²) >= 11 is 1.29. The standard InChI is InChI=1S/C13H19F2N3S/c1-8(2)16-13-17-12(15)11(19-13)7-18-6-10(5-14)4-9(18)3/h9-10H,1,4-7H2,2-3H3,(H,16,17). The summed E-state index contributed by atoms with van der Waals surface area (Å²) in [6.45, 7) is 8.46. The van der Waals surface area contributed by atoms with Crippen LogP contribution < -0.4 is 5.32 Å². The van der Waals surface area contributed by atoms with Crippen molar-refractivity contribution in [1.29, 1.82) is 0 Å². The Morgan fingerprint density at radius 1 is 1.63 bits per heavy atom. The lowest BCUT2D eigenvalue weighted by Crippen LogP contribution is -2.26. The molecule has 0 aliphatic carbocycles. The molecule has 1 aliphatic heterocycles. The van der Waals surface area contributed by atoms with Crippen molar-refractivity contribution in [3.8, 4) is 0 Å². The van der Waals surface area contributed by atoms with E-state index in [-0.39, 0.29) is 12.6 Å². The first-order valence-electron chi connectivity index (χ1n) is 6.37. The summed E-state index contributed by atoms with van der Waals surface area (Å²) in [7, 11) is 0. The molecule has 1 aliphatic rings. The zero-order chi connectivity index (χ0) is 14.0. The molecule has 0 spiro atoms.